The van der Waals surface area contributed by atoms with E-state index in [1.165, 1.54) is 97.2 Å². The Morgan fingerprint density at radius 2 is 0.950 bits per heavy atom. The molecule has 116 valence electrons. The van der Waals surface area contributed by atoms with Crippen LogP contribution >= 0.6 is 7.36 Å². The summed E-state index contributed by atoms with van der Waals surface area (Å²) in [6.45, 7) is 2.56. The Labute approximate surface area is 133 Å². The monoisotopic (exact) mass is 312 g/mol. The van der Waals surface area contributed by atoms with E-state index in [-0.39, 0.29) is 0 Å². The van der Waals surface area contributed by atoms with Crippen LogP contribution in [0, 0.1) is 11.8 Å². The van der Waals surface area contributed by atoms with Crippen LogP contribution in [0.15, 0.2) is 0 Å². The second-order valence-corrected chi connectivity index (χ2v) is 9.10. The third kappa shape index (κ3) is 4.51. The molecule has 2 aliphatic rings. The van der Waals surface area contributed by atoms with Gasteiger partial charge < -0.3 is 0 Å². The van der Waals surface area contributed by atoms with Gasteiger partial charge in [-0.2, -0.15) is 0 Å². The van der Waals surface area contributed by atoms with Crippen LogP contribution < -0.4 is 0 Å². The largest absolute Gasteiger partial charge is 0.0572 e. The summed E-state index contributed by atoms with van der Waals surface area (Å²) in [5.74, 6) is 1.82. The minimum absolute atomic E-state index is 0.435. The molecule has 0 aromatic rings. The predicted octanol–water partition coefficient (Wildman–Crippen LogP) is 6.87. The molecule has 2 saturated carbocycles. The van der Waals surface area contributed by atoms with Crippen LogP contribution in [-0.2, 0) is 11.8 Å². The van der Waals surface area contributed by atoms with E-state index in [9.17, 15) is 0 Å². The highest BCUT2D eigenvalue weighted by Crippen LogP contribution is 2.48. The van der Waals surface area contributed by atoms with E-state index in [0.29, 0.717) is 5.16 Å². The van der Waals surface area contributed by atoms with Crippen LogP contribution in [-0.4, -0.2) is 5.16 Å². The molecule has 0 spiro atoms. The van der Waals surface area contributed by atoms with Crippen LogP contribution in [0.4, 0.5) is 0 Å². The highest BCUT2D eigenvalue weighted by Gasteiger charge is 2.39. The van der Waals surface area contributed by atoms with Crippen molar-refractivity contribution in [3.8, 4) is 0 Å². The summed E-state index contributed by atoms with van der Waals surface area (Å²) in [4.78, 5) is 0. The average Bonchev–Trinajstić information content (AvgIpc) is 2.37. The van der Waals surface area contributed by atoms with E-state index in [4.69, 9.17) is 11.8 Å². The van der Waals surface area contributed by atoms with Gasteiger partial charge in [-0.05, 0) is 44.9 Å². The quantitative estimate of drug-likeness (QED) is 0.512. The van der Waals surface area contributed by atoms with E-state index in [2.05, 4.69) is 6.92 Å². The van der Waals surface area contributed by atoms with Gasteiger partial charge >= 0.3 is 0 Å². The fraction of sp³-hybridized carbons (Fsp3) is 1.00. The Bertz CT molecular complexity index is 251. The van der Waals surface area contributed by atoms with Gasteiger partial charge in [-0.1, -0.05) is 82.9 Å². The zero-order valence-corrected chi connectivity index (χ0v) is 15.1. The second-order valence-electron chi connectivity index (χ2n) is 7.40. The minimum atomic E-state index is 0.435. The Morgan fingerprint density at radius 3 is 1.25 bits per heavy atom. The molecule has 0 nitrogen and oxygen atoms in total. The van der Waals surface area contributed by atoms with Gasteiger partial charge in [-0.3, -0.25) is 0 Å². The first-order chi connectivity index (χ1) is 9.77. The summed E-state index contributed by atoms with van der Waals surface area (Å²) in [7, 11) is 1.27. The van der Waals surface area contributed by atoms with Crippen LogP contribution in [0.25, 0.3) is 0 Å². The van der Waals surface area contributed by atoms with Crippen molar-refractivity contribution in [2.24, 2.45) is 11.8 Å². The van der Waals surface area contributed by atoms with E-state index in [1.54, 1.807) is 0 Å². The molecule has 2 rings (SSSR count). The summed E-state index contributed by atoms with van der Waals surface area (Å²) in [5.41, 5.74) is 0. The molecule has 0 aliphatic heterocycles. The normalized spacial score (nSPS) is 25.6. The first-order valence-electron chi connectivity index (χ1n) is 9.12. The summed E-state index contributed by atoms with van der Waals surface area (Å²) in [6, 6.07) is 0. The molecule has 0 aromatic heterocycles. The van der Waals surface area contributed by atoms with Gasteiger partial charge in [-0.25, -0.2) is 0 Å². The summed E-state index contributed by atoms with van der Waals surface area (Å²) >= 11 is 5.68. The zero-order chi connectivity index (χ0) is 14.3. The fourth-order valence-corrected chi connectivity index (χ4v) is 6.27. The molecule has 0 unspecified atom stereocenters. The Kier molecular flexibility index (Phi) is 7.46. The van der Waals surface area contributed by atoms with E-state index in [1.807, 2.05) is 0 Å². The van der Waals surface area contributed by atoms with E-state index in [0.717, 1.165) is 11.8 Å². The third-order valence-corrected chi connectivity index (χ3v) is 8.36. The molecule has 0 N–H and O–H groups in total. The first-order valence-corrected chi connectivity index (χ1v) is 11.0. The number of hydrogen-bond acceptors (Lipinski definition) is 1. The van der Waals surface area contributed by atoms with Gasteiger partial charge in [-0.15, -0.1) is 0 Å². The molecule has 2 fully saturated rings. The van der Waals surface area contributed by atoms with Gasteiger partial charge in [0.15, 0.2) is 0 Å². The van der Waals surface area contributed by atoms with Crippen LogP contribution in [0.3, 0.4) is 0 Å². The molecule has 0 saturated heterocycles. The third-order valence-electron chi connectivity index (χ3n) is 6.06. The maximum atomic E-state index is 5.68. The predicted molar refractivity (Wildman–Crippen MR) is 94.3 cm³/mol. The average molecular weight is 313 g/mol. The lowest BCUT2D eigenvalue weighted by atomic mass is 9.71. The molecule has 0 bridgehead atoms. The van der Waals surface area contributed by atoms with Gasteiger partial charge in [0.2, 0.25) is 0 Å². The molecule has 20 heavy (non-hydrogen) atoms. The zero-order valence-electron chi connectivity index (χ0n) is 13.4. The van der Waals surface area contributed by atoms with Gasteiger partial charge in [0.1, 0.15) is 0 Å². The Hall–Kier alpha value is 0.520. The SMILES string of the molecule is CC(P=S)(C1CCCCCCC1)C1CCCCCCC1. The number of hydrogen-bond donors (Lipinski definition) is 0. The fourth-order valence-electron chi connectivity index (χ4n) is 4.56. The maximum Gasteiger partial charge on any atom is 0.0254 e. The maximum absolute atomic E-state index is 5.68. The van der Waals surface area contributed by atoms with Crippen LogP contribution in [0.2, 0.25) is 0 Å². The molecule has 0 heterocycles. The lowest BCUT2D eigenvalue weighted by molar-refractivity contribution is 0.207. The van der Waals surface area contributed by atoms with Crippen molar-refractivity contribution in [3.63, 3.8) is 0 Å². The molecular weight excluding hydrogens is 279 g/mol. The van der Waals surface area contributed by atoms with Crippen molar-refractivity contribution in [1.29, 1.82) is 0 Å². The minimum Gasteiger partial charge on any atom is -0.0572 e. The highest BCUT2D eigenvalue weighted by molar-refractivity contribution is 7.97. The van der Waals surface area contributed by atoms with E-state index >= 15 is 0 Å². The lowest BCUT2D eigenvalue weighted by Gasteiger charge is -2.42. The summed E-state index contributed by atoms with van der Waals surface area (Å²) < 4.78 is 0. The molecule has 0 radical (unpaired) electrons. The molecular formula is C18H33PS. The topological polar surface area (TPSA) is 0 Å². The molecule has 0 aromatic carbocycles. The van der Waals surface area contributed by atoms with Crippen molar-refractivity contribution in [3.05, 3.63) is 0 Å². The summed E-state index contributed by atoms with van der Waals surface area (Å²) in [5, 5.41) is 0.435. The standard InChI is InChI=1S/C18H33PS/c1-18(19-20,16-12-8-4-2-5-9-13-16)17-14-10-6-3-7-11-15-17/h16-17H,2-15H2,1H3. The lowest BCUT2D eigenvalue weighted by Crippen LogP contribution is -2.38. The Morgan fingerprint density at radius 1 is 0.650 bits per heavy atom. The summed E-state index contributed by atoms with van der Waals surface area (Å²) in [6.07, 6.45) is 20.4. The second kappa shape index (κ2) is 8.84. The van der Waals surface area contributed by atoms with Crippen molar-refractivity contribution >= 4 is 19.2 Å². The van der Waals surface area contributed by atoms with Crippen molar-refractivity contribution in [2.45, 2.75) is 102 Å². The van der Waals surface area contributed by atoms with Gasteiger partial charge in [0.05, 0.1) is 0 Å². The number of rotatable bonds is 3. The highest BCUT2D eigenvalue weighted by atomic mass is 32.4. The van der Waals surface area contributed by atoms with Crippen molar-refractivity contribution in [1.82, 2.24) is 0 Å². The molecule has 2 heteroatoms. The molecule has 0 amide bonds. The van der Waals surface area contributed by atoms with Gasteiger partial charge in [0.25, 0.3) is 0 Å². The molecule has 0 atom stereocenters. The smallest absolute Gasteiger partial charge is 0.0254 e. The van der Waals surface area contributed by atoms with Crippen molar-refractivity contribution in [2.75, 3.05) is 0 Å². The molecule has 2 aliphatic carbocycles. The van der Waals surface area contributed by atoms with Crippen LogP contribution in [0.1, 0.15) is 96.8 Å². The Balaban J connectivity index is 2.05. The van der Waals surface area contributed by atoms with Crippen molar-refractivity contribution < 1.29 is 0 Å². The van der Waals surface area contributed by atoms with Crippen LogP contribution in [0.5, 0.6) is 0 Å². The first kappa shape index (κ1) is 16.9. The van der Waals surface area contributed by atoms with E-state index < -0.39 is 0 Å². The van der Waals surface area contributed by atoms with Gasteiger partial charge in [0, 0.05) is 5.16 Å².